The van der Waals surface area contributed by atoms with Gasteiger partial charge in [0.25, 0.3) is 5.91 Å². The second-order valence-electron chi connectivity index (χ2n) is 7.13. The number of rotatable bonds is 7. The van der Waals surface area contributed by atoms with Crippen molar-refractivity contribution in [2.24, 2.45) is 0 Å². The normalized spacial score (nSPS) is 15.4. The highest BCUT2D eigenvalue weighted by atomic mass is 32.1. The lowest BCUT2D eigenvalue weighted by Crippen LogP contribution is -2.30. The van der Waals surface area contributed by atoms with E-state index in [9.17, 15) is 4.79 Å². The Kier molecular flexibility index (Phi) is 6.10. The summed E-state index contributed by atoms with van der Waals surface area (Å²) < 4.78 is 11.2. The van der Waals surface area contributed by atoms with E-state index >= 15 is 0 Å². The standard InChI is InChI=1S/C23H24N2O3S/c1-27-22-11-17(9-10-21(22)28-13-19-14-29-15-25-19)23(26)24-12-18-7-4-6-16-5-2-3-8-20(16)18/h2-3,5,8-11,14-15,18H,4,6-7,12-13H2,1H3,(H,24,26). The van der Waals surface area contributed by atoms with Gasteiger partial charge in [-0.3, -0.25) is 4.79 Å². The van der Waals surface area contributed by atoms with Crippen LogP contribution in [0.2, 0.25) is 0 Å². The van der Waals surface area contributed by atoms with Gasteiger partial charge in [-0.05, 0) is 48.6 Å². The number of nitrogens with zero attached hydrogens (tertiary/aromatic N) is 1. The van der Waals surface area contributed by atoms with Crippen molar-refractivity contribution in [1.29, 1.82) is 0 Å². The van der Waals surface area contributed by atoms with Gasteiger partial charge in [0.2, 0.25) is 0 Å². The summed E-state index contributed by atoms with van der Waals surface area (Å²) in [7, 11) is 1.58. The van der Waals surface area contributed by atoms with Crippen LogP contribution in [-0.4, -0.2) is 24.5 Å². The highest BCUT2D eigenvalue weighted by molar-refractivity contribution is 7.07. The lowest BCUT2D eigenvalue weighted by atomic mass is 9.83. The molecule has 1 aliphatic rings. The molecule has 0 bridgehead atoms. The van der Waals surface area contributed by atoms with Crippen molar-refractivity contribution in [2.75, 3.05) is 13.7 Å². The number of amides is 1. The van der Waals surface area contributed by atoms with Crippen molar-refractivity contribution in [1.82, 2.24) is 10.3 Å². The van der Waals surface area contributed by atoms with E-state index in [1.165, 1.54) is 22.5 Å². The molecule has 1 N–H and O–H groups in total. The largest absolute Gasteiger partial charge is 0.493 e. The number of aromatic nitrogens is 1. The summed E-state index contributed by atoms with van der Waals surface area (Å²) in [6, 6.07) is 13.8. The number of nitrogens with one attached hydrogen (secondary N) is 1. The second-order valence-corrected chi connectivity index (χ2v) is 7.85. The summed E-state index contributed by atoms with van der Waals surface area (Å²) >= 11 is 1.53. The molecule has 1 unspecified atom stereocenters. The van der Waals surface area contributed by atoms with Crippen LogP contribution in [0.15, 0.2) is 53.4 Å². The maximum atomic E-state index is 12.7. The molecular formula is C23H24N2O3S. The fourth-order valence-corrected chi connectivity index (χ4v) is 4.32. The first kappa shape index (κ1) is 19.5. The van der Waals surface area contributed by atoms with Gasteiger partial charge in [0.05, 0.1) is 18.3 Å². The lowest BCUT2D eigenvalue weighted by molar-refractivity contribution is 0.0950. The molecule has 1 aromatic heterocycles. The predicted octanol–water partition coefficient (Wildman–Crippen LogP) is 4.58. The van der Waals surface area contributed by atoms with Gasteiger partial charge in [-0.25, -0.2) is 4.98 Å². The molecule has 5 nitrogen and oxygen atoms in total. The number of fused-ring (bicyclic) bond motifs is 1. The molecule has 0 spiro atoms. The number of hydrogen-bond donors (Lipinski definition) is 1. The number of carbonyl (C=O) groups excluding carboxylic acids is 1. The van der Waals surface area contributed by atoms with Gasteiger partial charge in [0, 0.05) is 23.4 Å². The predicted molar refractivity (Wildman–Crippen MR) is 114 cm³/mol. The summed E-state index contributed by atoms with van der Waals surface area (Å²) in [5.74, 6) is 1.40. The number of benzene rings is 2. The number of aryl methyl sites for hydroxylation is 1. The summed E-state index contributed by atoms with van der Waals surface area (Å²) in [5.41, 5.74) is 5.97. The van der Waals surface area contributed by atoms with Crippen LogP contribution in [0.4, 0.5) is 0 Å². The fourth-order valence-electron chi connectivity index (χ4n) is 3.77. The summed E-state index contributed by atoms with van der Waals surface area (Å²) in [4.78, 5) is 16.9. The average molecular weight is 409 g/mol. The maximum Gasteiger partial charge on any atom is 0.251 e. The van der Waals surface area contributed by atoms with Crippen LogP contribution in [0, 0.1) is 0 Å². The Morgan fingerprint density at radius 3 is 2.97 bits per heavy atom. The molecule has 0 fully saturated rings. The quantitative estimate of drug-likeness (QED) is 0.622. The molecule has 1 aliphatic carbocycles. The zero-order chi connectivity index (χ0) is 20.1. The van der Waals surface area contributed by atoms with E-state index in [2.05, 4.69) is 34.6 Å². The van der Waals surface area contributed by atoms with Crippen LogP contribution in [0.5, 0.6) is 11.5 Å². The molecule has 1 amide bonds. The van der Waals surface area contributed by atoms with E-state index in [-0.39, 0.29) is 5.91 Å². The van der Waals surface area contributed by atoms with Crippen molar-refractivity contribution in [2.45, 2.75) is 31.8 Å². The first-order valence-corrected chi connectivity index (χ1v) is 10.7. The molecule has 29 heavy (non-hydrogen) atoms. The molecule has 3 aromatic rings. The van der Waals surface area contributed by atoms with E-state index in [1.807, 2.05) is 5.38 Å². The van der Waals surface area contributed by atoms with Gasteiger partial charge in [0.15, 0.2) is 11.5 Å². The molecule has 2 aromatic carbocycles. The van der Waals surface area contributed by atoms with Gasteiger partial charge >= 0.3 is 0 Å². The fraction of sp³-hybridized carbons (Fsp3) is 0.304. The van der Waals surface area contributed by atoms with E-state index in [0.29, 0.717) is 36.1 Å². The lowest BCUT2D eigenvalue weighted by Gasteiger charge is -2.25. The third kappa shape index (κ3) is 4.59. The third-order valence-electron chi connectivity index (χ3n) is 5.29. The topological polar surface area (TPSA) is 60.5 Å². The maximum absolute atomic E-state index is 12.7. The minimum atomic E-state index is -0.0996. The van der Waals surface area contributed by atoms with Crippen LogP contribution in [0.25, 0.3) is 0 Å². The minimum absolute atomic E-state index is 0.0996. The van der Waals surface area contributed by atoms with Gasteiger partial charge in [-0.1, -0.05) is 24.3 Å². The summed E-state index contributed by atoms with van der Waals surface area (Å²) in [5, 5.41) is 5.03. The molecule has 0 radical (unpaired) electrons. The molecule has 1 heterocycles. The van der Waals surface area contributed by atoms with Crippen molar-refractivity contribution >= 4 is 17.2 Å². The van der Waals surface area contributed by atoms with E-state index in [4.69, 9.17) is 9.47 Å². The third-order valence-corrected chi connectivity index (χ3v) is 5.92. The van der Waals surface area contributed by atoms with Crippen LogP contribution < -0.4 is 14.8 Å². The average Bonchev–Trinajstić information content (AvgIpc) is 3.29. The van der Waals surface area contributed by atoms with Crippen molar-refractivity contribution < 1.29 is 14.3 Å². The Morgan fingerprint density at radius 1 is 1.24 bits per heavy atom. The molecule has 4 rings (SSSR count). The van der Waals surface area contributed by atoms with Crippen molar-refractivity contribution in [3.8, 4) is 11.5 Å². The Bertz CT molecular complexity index is 972. The SMILES string of the molecule is COc1cc(C(=O)NCC2CCCc3ccccc32)ccc1OCc1cscn1. The van der Waals surface area contributed by atoms with Crippen molar-refractivity contribution in [3.05, 3.63) is 75.7 Å². The van der Waals surface area contributed by atoms with Crippen LogP contribution in [0.3, 0.4) is 0 Å². The van der Waals surface area contributed by atoms with Gasteiger partial charge in [-0.2, -0.15) is 0 Å². The number of carbonyl (C=O) groups is 1. The Morgan fingerprint density at radius 2 is 2.14 bits per heavy atom. The molecular weight excluding hydrogens is 384 g/mol. The van der Waals surface area contributed by atoms with Crippen LogP contribution >= 0.6 is 11.3 Å². The van der Waals surface area contributed by atoms with Gasteiger partial charge in [0.1, 0.15) is 6.61 Å². The minimum Gasteiger partial charge on any atom is -0.493 e. The number of methoxy groups -OCH3 is 1. The molecule has 1 atom stereocenters. The number of hydrogen-bond acceptors (Lipinski definition) is 5. The Balaban J connectivity index is 1.40. The molecule has 0 saturated heterocycles. The molecule has 150 valence electrons. The molecule has 6 heteroatoms. The van der Waals surface area contributed by atoms with Gasteiger partial charge < -0.3 is 14.8 Å². The summed E-state index contributed by atoms with van der Waals surface area (Å²) in [6.45, 7) is 1.01. The van der Waals surface area contributed by atoms with E-state index in [0.717, 1.165) is 25.0 Å². The smallest absolute Gasteiger partial charge is 0.251 e. The highest BCUT2D eigenvalue weighted by Crippen LogP contribution is 2.31. The highest BCUT2D eigenvalue weighted by Gasteiger charge is 2.21. The number of ether oxygens (including phenoxy) is 2. The Labute approximate surface area is 174 Å². The zero-order valence-corrected chi connectivity index (χ0v) is 17.2. The van der Waals surface area contributed by atoms with E-state index in [1.54, 1.807) is 30.8 Å². The first-order valence-electron chi connectivity index (χ1n) is 9.78. The van der Waals surface area contributed by atoms with Gasteiger partial charge in [-0.15, -0.1) is 11.3 Å². The van der Waals surface area contributed by atoms with Crippen LogP contribution in [0.1, 0.15) is 45.9 Å². The monoisotopic (exact) mass is 408 g/mol. The number of thiazole rings is 1. The zero-order valence-electron chi connectivity index (χ0n) is 16.4. The van der Waals surface area contributed by atoms with Crippen molar-refractivity contribution in [3.63, 3.8) is 0 Å². The second kappa shape index (κ2) is 9.09. The van der Waals surface area contributed by atoms with E-state index < -0.39 is 0 Å². The molecule has 0 saturated carbocycles. The first-order chi connectivity index (χ1) is 14.2. The molecule has 0 aliphatic heterocycles. The van der Waals surface area contributed by atoms with Crippen LogP contribution in [-0.2, 0) is 13.0 Å². The summed E-state index contributed by atoms with van der Waals surface area (Å²) in [6.07, 6.45) is 3.39. The Hall–Kier alpha value is -2.86.